The third-order valence-electron chi connectivity index (χ3n) is 3.25. The van der Waals surface area contributed by atoms with Crippen LogP contribution in [0.25, 0.3) is 11.0 Å². The minimum absolute atomic E-state index is 0.535. The topological polar surface area (TPSA) is 62.3 Å². The fourth-order valence-corrected chi connectivity index (χ4v) is 2.27. The Kier molecular flexibility index (Phi) is 5.87. The second kappa shape index (κ2) is 7.88. The first-order valence-electron chi connectivity index (χ1n) is 7.73. The molecule has 0 unspecified atom stereocenters. The second-order valence-electron chi connectivity index (χ2n) is 5.06. The minimum Gasteiger partial charge on any atom is -0.491 e. The molecule has 0 spiro atoms. The molecule has 21 heavy (non-hydrogen) atoms. The number of nitrogens with two attached hydrogens (primary N) is 1. The summed E-state index contributed by atoms with van der Waals surface area (Å²) in [5.74, 6) is 1.34. The second-order valence-corrected chi connectivity index (χ2v) is 5.06. The van der Waals surface area contributed by atoms with Gasteiger partial charge in [-0.15, -0.1) is 0 Å². The summed E-state index contributed by atoms with van der Waals surface area (Å²) in [5, 5.41) is 0. The molecule has 2 aromatic rings. The van der Waals surface area contributed by atoms with Crippen molar-refractivity contribution in [1.29, 1.82) is 0 Å². The van der Waals surface area contributed by atoms with Crippen LogP contribution in [-0.4, -0.2) is 29.4 Å². The molecule has 2 rings (SSSR count). The third kappa shape index (κ3) is 3.88. The first kappa shape index (κ1) is 15.6. The van der Waals surface area contributed by atoms with Gasteiger partial charge in [0.15, 0.2) is 0 Å². The highest BCUT2D eigenvalue weighted by atomic mass is 16.5. The lowest BCUT2D eigenvalue weighted by Crippen LogP contribution is -2.06. The third-order valence-corrected chi connectivity index (χ3v) is 3.25. The van der Waals surface area contributed by atoms with Crippen molar-refractivity contribution in [2.24, 2.45) is 0 Å². The highest BCUT2D eigenvalue weighted by Gasteiger charge is 2.12. The fourth-order valence-electron chi connectivity index (χ4n) is 2.27. The highest BCUT2D eigenvalue weighted by molar-refractivity contribution is 5.84. The zero-order valence-electron chi connectivity index (χ0n) is 13.0. The Balaban J connectivity index is 2.11. The largest absolute Gasteiger partial charge is 0.491 e. The number of para-hydroxylation sites is 1. The monoisotopic (exact) mass is 291 g/mol. The lowest BCUT2D eigenvalue weighted by atomic mass is 10.3. The molecule has 0 atom stereocenters. The van der Waals surface area contributed by atoms with Crippen LogP contribution in [0.15, 0.2) is 18.2 Å². The van der Waals surface area contributed by atoms with Crippen molar-refractivity contribution in [3.63, 3.8) is 0 Å². The van der Waals surface area contributed by atoms with Crippen molar-refractivity contribution in [1.82, 2.24) is 9.55 Å². The van der Waals surface area contributed by atoms with Crippen LogP contribution in [0.2, 0.25) is 0 Å². The van der Waals surface area contributed by atoms with Gasteiger partial charge in [-0.2, -0.15) is 0 Å². The maximum Gasteiger partial charge on any atom is 0.201 e. The molecule has 5 nitrogen and oxygen atoms in total. The van der Waals surface area contributed by atoms with Gasteiger partial charge in [-0.05, 0) is 31.4 Å². The van der Waals surface area contributed by atoms with Crippen LogP contribution in [0.1, 0.15) is 33.1 Å². The standard InChI is InChI=1S/C16H25N3O2/c1-3-10-20-12-6-9-19-13-7-5-8-14(21-11-4-2)15(13)18-16(19)17/h5,7-8H,3-4,6,9-12H2,1-2H3,(H2,17,18). The molecular weight excluding hydrogens is 266 g/mol. The molecule has 0 saturated heterocycles. The molecule has 0 aliphatic rings. The lowest BCUT2D eigenvalue weighted by Gasteiger charge is -2.08. The van der Waals surface area contributed by atoms with Crippen molar-refractivity contribution >= 4 is 17.0 Å². The van der Waals surface area contributed by atoms with E-state index in [-0.39, 0.29) is 0 Å². The summed E-state index contributed by atoms with van der Waals surface area (Å²) in [4.78, 5) is 4.46. The van der Waals surface area contributed by atoms with Crippen LogP contribution in [-0.2, 0) is 11.3 Å². The molecule has 1 heterocycles. The predicted molar refractivity (Wildman–Crippen MR) is 85.7 cm³/mol. The number of nitrogens with zero attached hydrogens (tertiary/aromatic N) is 2. The van der Waals surface area contributed by atoms with Gasteiger partial charge in [-0.3, -0.25) is 0 Å². The summed E-state index contributed by atoms with van der Waals surface area (Å²) >= 11 is 0. The van der Waals surface area contributed by atoms with E-state index in [4.69, 9.17) is 15.2 Å². The molecule has 5 heteroatoms. The number of rotatable bonds is 9. The van der Waals surface area contributed by atoms with Gasteiger partial charge in [0, 0.05) is 19.8 Å². The Hall–Kier alpha value is -1.75. The Morgan fingerprint density at radius 3 is 2.71 bits per heavy atom. The Bertz CT molecular complexity index is 566. The van der Waals surface area contributed by atoms with Gasteiger partial charge < -0.3 is 19.8 Å². The lowest BCUT2D eigenvalue weighted by molar-refractivity contribution is 0.129. The molecular formula is C16H25N3O2. The van der Waals surface area contributed by atoms with E-state index >= 15 is 0 Å². The maximum absolute atomic E-state index is 6.05. The van der Waals surface area contributed by atoms with Crippen LogP contribution in [0.3, 0.4) is 0 Å². The van der Waals surface area contributed by atoms with Gasteiger partial charge in [0.05, 0.1) is 12.1 Å². The molecule has 0 radical (unpaired) electrons. The first-order chi connectivity index (χ1) is 10.3. The first-order valence-corrected chi connectivity index (χ1v) is 7.73. The van der Waals surface area contributed by atoms with Gasteiger partial charge in [-0.1, -0.05) is 19.9 Å². The van der Waals surface area contributed by atoms with Crippen molar-refractivity contribution in [2.75, 3.05) is 25.6 Å². The number of aromatic nitrogens is 2. The number of hydrogen-bond acceptors (Lipinski definition) is 4. The van der Waals surface area contributed by atoms with Crippen molar-refractivity contribution in [3.05, 3.63) is 18.2 Å². The molecule has 0 aliphatic heterocycles. The van der Waals surface area contributed by atoms with Gasteiger partial charge in [0.25, 0.3) is 0 Å². The summed E-state index contributed by atoms with van der Waals surface area (Å²) in [5.41, 5.74) is 7.92. The van der Waals surface area contributed by atoms with Crippen LogP contribution in [0.4, 0.5) is 5.95 Å². The highest BCUT2D eigenvalue weighted by Crippen LogP contribution is 2.27. The zero-order valence-corrected chi connectivity index (χ0v) is 13.0. The Labute approximate surface area is 126 Å². The Morgan fingerprint density at radius 1 is 1.14 bits per heavy atom. The van der Waals surface area contributed by atoms with E-state index in [1.165, 1.54) is 0 Å². The molecule has 0 fully saturated rings. The molecule has 0 aliphatic carbocycles. The minimum atomic E-state index is 0.535. The van der Waals surface area contributed by atoms with Crippen molar-refractivity contribution < 1.29 is 9.47 Å². The quantitative estimate of drug-likeness (QED) is 0.721. The number of ether oxygens (including phenoxy) is 2. The molecule has 2 N–H and O–H groups in total. The summed E-state index contributed by atoms with van der Waals surface area (Å²) in [6.07, 6.45) is 2.95. The molecule has 116 valence electrons. The molecule has 0 bridgehead atoms. The van der Waals surface area contributed by atoms with Crippen LogP contribution in [0, 0.1) is 0 Å². The van der Waals surface area contributed by atoms with Crippen molar-refractivity contribution in [3.8, 4) is 5.75 Å². The normalized spacial score (nSPS) is 11.1. The van der Waals surface area contributed by atoms with Gasteiger partial charge >= 0.3 is 0 Å². The van der Waals surface area contributed by atoms with E-state index in [9.17, 15) is 0 Å². The average Bonchev–Trinajstić information content (AvgIpc) is 2.81. The zero-order chi connectivity index (χ0) is 15.1. The summed E-state index contributed by atoms with van der Waals surface area (Å²) in [7, 11) is 0. The number of fused-ring (bicyclic) bond motifs is 1. The van der Waals surface area contributed by atoms with Crippen LogP contribution >= 0.6 is 0 Å². The molecule has 1 aromatic heterocycles. The number of anilines is 1. The number of nitrogen functional groups attached to an aromatic ring is 1. The van der Waals surface area contributed by atoms with Gasteiger partial charge in [-0.25, -0.2) is 4.98 Å². The molecule has 1 aromatic carbocycles. The number of aryl methyl sites for hydroxylation is 1. The fraction of sp³-hybridized carbons (Fsp3) is 0.562. The van der Waals surface area contributed by atoms with E-state index < -0.39 is 0 Å². The van der Waals surface area contributed by atoms with Gasteiger partial charge in [0.1, 0.15) is 11.3 Å². The van der Waals surface area contributed by atoms with E-state index in [0.717, 1.165) is 55.8 Å². The van der Waals surface area contributed by atoms with Crippen LogP contribution in [0.5, 0.6) is 5.75 Å². The summed E-state index contributed by atoms with van der Waals surface area (Å²) in [6.45, 7) is 7.26. The van der Waals surface area contributed by atoms with Crippen LogP contribution < -0.4 is 10.5 Å². The van der Waals surface area contributed by atoms with E-state index in [2.05, 4.69) is 18.8 Å². The number of imidazole rings is 1. The van der Waals surface area contributed by atoms with E-state index in [0.29, 0.717) is 12.6 Å². The number of benzene rings is 1. The summed E-state index contributed by atoms with van der Waals surface area (Å²) < 4.78 is 13.3. The average molecular weight is 291 g/mol. The SMILES string of the molecule is CCCOCCCn1c(N)nc2c(OCCC)cccc21. The van der Waals surface area contributed by atoms with Gasteiger partial charge in [0.2, 0.25) is 5.95 Å². The maximum atomic E-state index is 6.05. The molecule has 0 amide bonds. The van der Waals surface area contributed by atoms with Crippen molar-refractivity contribution in [2.45, 2.75) is 39.7 Å². The van der Waals surface area contributed by atoms with E-state index in [1.54, 1.807) is 0 Å². The smallest absolute Gasteiger partial charge is 0.201 e. The number of hydrogen-bond donors (Lipinski definition) is 1. The predicted octanol–water partition coefficient (Wildman–Crippen LogP) is 3.22. The van der Waals surface area contributed by atoms with E-state index in [1.807, 2.05) is 22.8 Å². The Morgan fingerprint density at radius 2 is 1.95 bits per heavy atom. The summed E-state index contributed by atoms with van der Waals surface area (Å²) in [6, 6.07) is 5.96. The molecule has 0 saturated carbocycles.